The Morgan fingerprint density at radius 3 is 2.45 bits per heavy atom. The van der Waals surface area contributed by atoms with Crippen molar-refractivity contribution in [1.82, 2.24) is 4.90 Å². The number of carbonyl (C=O) groups is 2. The molecule has 0 spiro atoms. The fourth-order valence-corrected chi connectivity index (χ4v) is 4.87. The number of thioether (sulfide) groups is 1. The molecule has 31 heavy (non-hydrogen) atoms. The fraction of sp³-hybridized carbons (Fsp3) is 0.125. The fourth-order valence-electron chi connectivity index (χ4n) is 3.57. The Hall–Kier alpha value is -3.16. The van der Waals surface area contributed by atoms with Gasteiger partial charge >= 0.3 is 5.97 Å². The van der Waals surface area contributed by atoms with Crippen LogP contribution in [0.15, 0.2) is 71.6 Å². The van der Waals surface area contributed by atoms with Gasteiger partial charge in [-0.25, -0.2) is 4.79 Å². The summed E-state index contributed by atoms with van der Waals surface area (Å²) in [5.41, 5.74) is 1.42. The Morgan fingerprint density at radius 1 is 1.03 bits per heavy atom. The molecule has 0 bridgehead atoms. The third-order valence-electron chi connectivity index (χ3n) is 5.05. The van der Waals surface area contributed by atoms with Crippen LogP contribution in [-0.4, -0.2) is 35.3 Å². The average molecular weight is 450 g/mol. The predicted octanol–water partition coefficient (Wildman–Crippen LogP) is 4.96. The monoisotopic (exact) mass is 449 g/mol. The van der Waals surface area contributed by atoms with E-state index in [-0.39, 0.29) is 5.91 Å². The van der Waals surface area contributed by atoms with Crippen LogP contribution in [-0.2, 0) is 14.3 Å². The molecule has 0 aromatic heterocycles. The summed E-state index contributed by atoms with van der Waals surface area (Å²) in [5.74, 6) is -0.243. The highest BCUT2D eigenvalue weighted by Crippen LogP contribution is 2.40. The topological polar surface area (TPSA) is 55.8 Å². The summed E-state index contributed by atoms with van der Waals surface area (Å²) in [7, 11) is 2.89. The minimum atomic E-state index is -0.945. The number of amides is 1. The maximum atomic E-state index is 13.4. The molecule has 1 heterocycles. The molecule has 3 aromatic carbocycles. The molecular formula is C24H19NO4S2. The van der Waals surface area contributed by atoms with Crippen molar-refractivity contribution in [2.45, 2.75) is 6.04 Å². The molecule has 4 rings (SSSR count). The number of benzene rings is 3. The summed E-state index contributed by atoms with van der Waals surface area (Å²) in [6.45, 7) is 0. The molecule has 1 atom stereocenters. The van der Waals surface area contributed by atoms with E-state index in [4.69, 9.17) is 21.7 Å². The molecule has 0 saturated carbocycles. The summed E-state index contributed by atoms with van der Waals surface area (Å²) in [5, 5.41) is 1.99. The minimum absolute atomic E-state index is 0.301. The smallest absolute Gasteiger partial charge is 0.333 e. The molecule has 1 fully saturated rings. The van der Waals surface area contributed by atoms with E-state index in [0.717, 1.165) is 28.1 Å². The molecule has 0 radical (unpaired) electrons. The third kappa shape index (κ3) is 3.94. The molecule has 1 amide bonds. The molecule has 156 valence electrons. The minimum Gasteiger partial charge on any atom is -0.496 e. The molecule has 1 unspecified atom stereocenters. The Bertz CT molecular complexity index is 1210. The zero-order chi connectivity index (χ0) is 22.0. The van der Waals surface area contributed by atoms with Gasteiger partial charge in [-0.2, -0.15) is 0 Å². The summed E-state index contributed by atoms with van der Waals surface area (Å²) < 4.78 is 10.8. The second kappa shape index (κ2) is 8.91. The first-order chi connectivity index (χ1) is 15.0. The number of rotatable bonds is 5. The number of carbonyl (C=O) groups excluding carboxylic acids is 2. The normalized spacial score (nSPS) is 16.1. The van der Waals surface area contributed by atoms with Crippen LogP contribution in [0, 0.1) is 0 Å². The number of methoxy groups -OCH3 is 2. The summed E-state index contributed by atoms with van der Waals surface area (Å²) in [4.78, 5) is 27.7. The second-order valence-electron chi connectivity index (χ2n) is 6.79. The van der Waals surface area contributed by atoms with Gasteiger partial charge in [0.25, 0.3) is 5.91 Å². The van der Waals surface area contributed by atoms with Gasteiger partial charge < -0.3 is 9.47 Å². The van der Waals surface area contributed by atoms with Gasteiger partial charge in [0.2, 0.25) is 0 Å². The van der Waals surface area contributed by atoms with Gasteiger partial charge in [-0.3, -0.25) is 9.69 Å². The number of hydrogen-bond acceptors (Lipinski definition) is 6. The summed E-state index contributed by atoms with van der Waals surface area (Å²) in [6.07, 6.45) is 1.78. The Balaban J connectivity index is 1.79. The van der Waals surface area contributed by atoms with Crippen LogP contribution in [0.3, 0.4) is 0 Å². The number of nitrogens with zero attached hydrogens (tertiary/aromatic N) is 1. The Morgan fingerprint density at radius 2 is 1.74 bits per heavy atom. The molecule has 3 aromatic rings. The first-order valence-electron chi connectivity index (χ1n) is 9.50. The van der Waals surface area contributed by atoms with E-state index >= 15 is 0 Å². The van der Waals surface area contributed by atoms with Crippen LogP contribution in [0.4, 0.5) is 0 Å². The van der Waals surface area contributed by atoms with Crippen molar-refractivity contribution >= 4 is 57.0 Å². The lowest BCUT2D eigenvalue weighted by molar-refractivity contribution is -0.148. The molecule has 5 nitrogen and oxygen atoms in total. The van der Waals surface area contributed by atoms with Crippen molar-refractivity contribution in [1.29, 1.82) is 0 Å². The molecule has 1 aliphatic rings. The van der Waals surface area contributed by atoms with E-state index in [1.54, 1.807) is 37.5 Å². The maximum Gasteiger partial charge on any atom is 0.333 e. The van der Waals surface area contributed by atoms with Crippen molar-refractivity contribution in [2.75, 3.05) is 14.2 Å². The van der Waals surface area contributed by atoms with Crippen LogP contribution in [0.2, 0.25) is 0 Å². The first-order valence-corrected chi connectivity index (χ1v) is 10.7. The number of esters is 1. The third-order valence-corrected chi connectivity index (χ3v) is 6.38. The van der Waals surface area contributed by atoms with Gasteiger partial charge in [-0.05, 0) is 28.5 Å². The van der Waals surface area contributed by atoms with E-state index in [1.807, 2.05) is 42.5 Å². The molecule has 0 N–H and O–H groups in total. The summed E-state index contributed by atoms with van der Waals surface area (Å²) in [6, 6.07) is 19.8. The highest BCUT2D eigenvalue weighted by molar-refractivity contribution is 8.26. The molecule has 7 heteroatoms. The lowest BCUT2D eigenvalue weighted by atomic mass is 10.0. The van der Waals surface area contributed by atoms with Crippen molar-refractivity contribution in [3.8, 4) is 5.75 Å². The lowest BCUT2D eigenvalue weighted by Crippen LogP contribution is -2.37. The van der Waals surface area contributed by atoms with E-state index in [9.17, 15) is 9.59 Å². The van der Waals surface area contributed by atoms with Crippen molar-refractivity contribution in [3.05, 3.63) is 82.8 Å². The van der Waals surface area contributed by atoms with Gasteiger partial charge in [0, 0.05) is 5.56 Å². The largest absolute Gasteiger partial charge is 0.496 e. The van der Waals surface area contributed by atoms with Crippen LogP contribution >= 0.6 is 24.0 Å². The average Bonchev–Trinajstić information content (AvgIpc) is 3.08. The van der Waals surface area contributed by atoms with E-state index in [1.165, 1.54) is 12.0 Å². The number of fused-ring (bicyclic) bond motifs is 1. The SMILES string of the molecule is COC(=O)C(c1ccccc1)N1C(=O)/C(=C\c2c(OC)ccc3ccccc23)SC1=S. The highest BCUT2D eigenvalue weighted by atomic mass is 32.2. The molecule has 1 saturated heterocycles. The predicted molar refractivity (Wildman–Crippen MR) is 127 cm³/mol. The van der Waals surface area contributed by atoms with Gasteiger partial charge in [0.1, 0.15) is 10.1 Å². The zero-order valence-electron chi connectivity index (χ0n) is 16.9. The van der Waals surface area contributed by atoms with Gasteiger partial charge in [0.05, 0.1) is 19.1 Å². The second-order valence-corrected chi connectivity index (χ2v) is 8.47. The van der Waals surface area contributed by atoms with Crippen molar-refractivity contribution in [3.63, 3.8) is 0 Å². The quantitative estimate of drug-likeness (QED) is 0.312. The standard InChI is InChI=1S/C24H19NO4S2/c1-28-19-13-12-15-8-6-7-11-17(15)18(19)14-20-22(26)25(24(30)31-20)21(23(27)29-2)16-9-4-3-5-10-16/h3-14,21H,1-2H3/b20-14+. The first kappa shape index (κ1) is 21.1. The molecule has 1 aliphatic heterocycles. The molecular weight excluding hydrogens is 430 g/mol. The lowest BCUT2D eigenvalue weighted by Gasteiger charge is -2.24. The van der Waals surface area contributed by atoms with Crippen LogP contribution < -0.4 is 4.74 Å². The van der Waals surface area contributed by atoms with E-state index in [0.29, 0.717) is 20.5 Å². The van der Waals surface area contributed by atoms with Crippen LogP contribution in [0.1, 0.15) is 17.2 Å². The Kier molecular flexibility index (Phi) is 6.06. The van der Waals surface area contributed by atoms with Crippen LogP contribution in [0.5, 0.6) is 5.75 Å². The molecule has 0 aliphatic carbocycles. The van der Waals surface area contributed by atoms with Gasteiger partial charge in [-0.15, -0.1) is 0 Å². The Labute approximate surface area is 189 Å². The zero-order valence-corrected chi connectivity index (χ0v) is 18.5. The maximum absolute atomic E-state index is 13.4. The van der Waals surface area contributed by atoms with Crippen molar-refractivity contribution < 1.29 is 19.1 Å². The number of hydrogen-bond donors (Lipinski definition) is 0. The van der Waals surface area contributed by atoms with E-state index in [2.05, 4.69) is 0 Å². The van der Waals surface area contributed by atoms with Crippen molar-refractivity contribution in [2.24, 2.45) is 0 Å². The van der Waals surface area contributed by atoms with Gasteiger partial charge in [0.15, 0.2) is 6.04 Å². The van der Waals surface area contributed by atoms with Crippen LogP contribution in [0.25, 0.3) is 16.8 Å². The van der Waals surface area contributed by atoms with E-state index < -0.39 is 12.0 Å². The summed E-state index contributed by atoms with van der Waals surface area (Å²) >= 11 is 6.66. The number of thiocarbonyl (C=S) groups is 1. The number of ether oxygens (including phenoxy) is 2. The highest BCUT2D eigenvalue weighted by Gasteiger charge is 2.42. The van der Waals surface area contributed by atoms with Gasteiger partial charge in [-0.1, -0.05) is 84.6 Å².